The number of halogens is 1. The second-order valence-corrected chi connectivity index (χ2v) is 5.92. The number of nitrogens with zero attached hydrogens (tertiary/aromatic N) is 2. The fourth-order valence-electron chi connectivity index (χ4n) is 2.04. The van der Waals surface area contributed by atoms with Gasteiger partial charge in [0.25, 0.3) is 0 Å². The molecule has 1 aromatic heterocycles. The first-order chi connectivity index (χ1) is 11.3. The van der Waals surface area contributed by atoms with E-state index in [0.29, 0.717) is 0 Å². The molecule has 0 aliphatic heterocycles. The normalized spacial score (nSPS) is 11.2. The van der Waals surface area contributed by atoms with Gasteiger partial charge in [0.15, 0.2) is 11.1 Å². The van der Waals surface area contributed by atoms with Crippen molar-refractivity contribution in [2.45, 2.75) is 13.3 Å². The zero-order valence-corrected chi connectivity index (χ0v) is 17.3. The van der Waals surface area contributed by atoms with Crippen molar-refractivity contribution in [3.8, 4) is 0 Å². The first-order valence-electron chi connectivity index (χ1n) is 7.95. The van der Waals surface area contributed by atoms with Crippen LogP contribution in [-0.4, -0.2) is 50.8 Å². The summed E-state index contributed by atoms with van der Waals surface area (Å²) in [5.41, 5.74) is 1.04. The fourth-order valence-corrected chi connectivity index (χ4v) is 2.94. The molecular weight excluding hydrogens is 437 g/mol. The van der Waals surface area contributed by atoms with Crippen molar-refractivity contribution in [1.29, 1.82) is 0 Å². The lowest BCUT2D eigenvalue weighted by Crippen LogP contribution is -2.40. The molecule has 0 saturated heterocycles. The zero-order chi connectivity index (χ0) is 16.3. The number of thiazole rings is 1. The summed E-state index contributed by atoms with van der Waals surface area (Å²) in [5, 5.41) is 10.8. The van der Waals surface area contributed by atoms with E-state index in [1.54, 1.807) is 18.4 Å². The lowest BCUT2D eigenvalue weighted by molar-refractivity contribution is 0.145. The highest BCUT2D eigenvalue weighted by atomic mass is 127. The Balaban J connectivity index is 0.00000288. The van der Waals surface area contributed by atoms with E-state index in [1.165, 1.54) is 4.70 Å². The van der Waals surface area contributed by atoms with E-state index in [4.69, 9.17) is 4.74 Å². The van der Waals surface area contributed by atoms with Crippen molar-refractivity contribution in [3.63, 3.8) is 0 Å². The van der Waals surface area contributed by atoms with Crippen LogP contribution in [0.4, 0.5) is 5.13 Å². The molecule has 6 nitrogen and oxygen atoms in total. The molecule has 2 rings (SSSR count). The largest absolute Gasteiger partial charge is 0.382 e. The molecule has 1 heterocycles. The maximum absolute atomic E-state index is 5.31. The number of fused-ring (bicyclic) bond motifs is 1. The van der Waals surface area contributed by atoms with E-state index in [2.05, 4.69) is 32.0 Å². The van der Waals surface area contributed by atoms with E-state index in [9.17, 15) is 0 Å². The average molecular weight is 463 g/mol. The fraction of sp³-hybridized carbons (Fsp3) is 0.500. The van der Waals surface area contributed by atoms with Crippen LogP contribution in [0.25, 0.3) is 10.2 Å². The number of nitrogens with one attached hydrogen (secondary N) is 3. The van der Waals surface area contributed by atoms with Gasteiger partial charge in [-0.3, -0.25) is 4.99 Å². The van der Waals surface area contributed by atoms with Gasteiger partial charge in [-0.1, -0.05) is 23.5 Å². The minimum absolute atomic E-state index is 0. The molecule has 0 unspecified atom stereocenters. The van der Waals surface area contributed by atoms with Crippen LogP contribution >= 0.6 is 35.3 Å². The monoisotopic (exact) mass is 463 g/mol. The van der Waals surface area contributed by atoms with Gasteiger partial charge in [0.05, 0.1) is 10.2 Å². The van der Waals surface area contributed by atoms with Crippen molar-refractivity contribution in [3.05, 3.63) is 24.3 Å². The van der Waals surface area contributed by atoms with Crippen molar-refractivity contribution in [1.82, 2.24) is 15.6 Å². The summed E-state index contributed by atoms with van der Waals surface area (Å²) in [6.07, 6.45) is 0.971. The Morgan fingerprint density at radius 2 is 2.00 bits per heavy atom. The standard InChI is InChI=1S/C16H25N5OS.HI/c1-3-22-12-6-9-18-15(17-2)19-10-11-20-16-21-13-7-4-5-8-14(13)23-16;/h4-5,7-8H,3,6,9-12H2,1-2H3,(H,20,21)(H2,17,18,19);1H. The smallest absolute Gasteiger partial charge is 0.191 e. The molecule has 24 heavy (non-hydrogen) atoms. The second-order valence-electron chi connectivity index (χ2n) is 4.89. The molecule has 8 heteroatoms. The highest BCUT2D eigenvalue weighted by Gasteiger charge is 2.02. The first kappa shape index (κ1) is 20.9. The van der Waals surface area contributed by atoms with Gasteiger partial charge in [0.2, 0.25) is 0 Å². The van der Waals surface area contributed by atoms with Gasteiger partial charge in [-0.05, 0) is 25.5 Å². The minimum Gasteiger partial charge on any atom is -0.382 e. The van der Waals surface area contributed by atoms with Gasteiger partial charge >= 0.3 is 0 Å². The Hall–Kier alpha value is -1.13. The number of aliphatic imine (C=N–C) groups is 1. The number of rotatable bonds is 9. The summed E-state index contributed by atoms with van der Waals surface area (Å²) >= 11 is 1.67. The molecule has 3 N–H and O–H groups in total. The quantitative estimate of drug-likeness (QED) is 0.231. The lowest BCUT2D eigenvalue weighted by Gasteiger charge is -2.12. The summed E-state index contributed by atoms with van der Waals surface area (Å²) in [6.45, 7) is 5.97. The molecule has 0 radical (unpaired) electrons. The summed E-state index contributed by atoms with van der Waals surface area (Å²) in [7, 11) is 1.78. The first-order valence-corrected chi connectivity index (χ1v) is 8.77. The van der Waals surface area contributed by atoms with E-state index < -0.39 is 0 Å². The number of ether oxygens (including phenoxy) is 1. The molecule has 0 amide bonds. The van der Waals surface area contributed by atoms with Crippen LogP contribution in [-0.2, 0) is 4.74 Å². The number of benzene rings is 1. The van der Waals surface area contributed by atoms with E-state index in [-0.39, 0.29) is 24.0 Å². The molecule has 0 atom stereocenters. The van der Waals surface area contributed by atoms with Crippen molar-refractivity contribution in [2.24, 2.45) is 4.99 Å². The highest BCUT2D eigenvalue weighted by Crippen LogP contribution is 2.24. The topological polar surface area (TPSA) is 70.6 Å². The van der Waals surface area contributed by atoms with Crippen LogP contribution in [0, 0.1) is 0 Å². The van der Waals surface area contributed by atoms with E-state index in [1.807, 2.05) is 25.1 Å². The van der Waals surface area contributed by atoms with Crippen molar-refractivity contribution >= 4 is 56.6 Å². The molecule has 0 saturated carbocycles. The lowest BCUT2D eigenvalue weighted by atomic mass is 10.3. The summed E-state index contributed by atoms with van der Waals surface area (Å²) in [6, 6.07) is 8.16. The molecule has 0 spiro atoms. The maximum atomic E-state index is 5.31. The van der Waals surface area contributed by atoms with Crippen molar-refractivity contribution in [2.75, 3.05) is 45.2 Å². The molecule has 134 valence electrons. The number of aromatic nitrogens is 1. The molecule has 0 bridgehead atoms. The molecule has 2 aromatic rings. The van der Waals surface area contributed by atoms with Crippen molar-refractivity contribution < 1.29 is 4.74 Å². The third-order valence-electron chi connectivity index (χ3n) is 3.17. The number of para-hydroxylation sites is 1. The molecule has 0 fully saturated rings. The Bertz CT molecular complexity index is 586. The minimum atomic E-state index is 0. The van der Waals surface area contributed by atoms with E-state index in [0.717, 1.165) is 55.9 Å². The second kappa shape index (κ2) is 12.3. The van der Waals surface area contributed by atoms with E-state index >= 15 is 0 Å². The Morgan fingerprint density at radius 3 is 2.75 bits per heavy atom. The predicted molar refractivity (Wildman–Crippen MR) is 114 cm³/mol. The van der Waals surface area contributed by atoms with Gasteiger partial charge in [-0.2, -0.15) is 0 Å². The highest BCUT2D eigenvalue weighted by molar-refractivity contribution is 14.0. The Morgan fingerprint density at radius 1 is 1.21 bits per heavy atom. The molecule has 0 aliphatic carbocycles. The Labute approximate surface area is 164 Å². The van der Waals surface area contributed by atoms with Crippen LogP contribution in [0.2, 0.25) is 0 Å². The van der Waals surface area contributed by atoms with Crippen LogP contribution < -0.4 is 16.0 Å². The van der Waals surface area contributed by atoms with Gasteiger partial charge in [-0.25, -0.2) is 4.98 Å². The third-order valence-corrected chi connectivity index (χ3v) is 4.17. The van der Waals surface area contributed by atoms with Crippen LogP contribution in [0.1, 0.15) is 13.3 Å². The number of guanidine groups is 1. The molecule has 1 aromatic carbocycles. The Kier molecular flexibility index (Phi) is 10.7. The van der Waals surface area contributed by atoms with Crippen LogP contribution in [0.3, 0.4) is 0 Å². The SMILES string of the molecule is CCOCCCNC(=NC)NCCNc1nc2ccccc2s1.I. The molecular formula is C16H26IN5OS. The predicted octanol–water partition coefficient (Wildman–Crippen LogP) is 2.92. The number of hydrogen-bond acceptors (Lipinski definition) is 5. The van der Waals surface area contributed by atoms with Crippen LogP contribution in [0.5, 0.6) is 0 Å². The zero-order valence-electron chi connectivity index (χ0n) is 14.2. The summed E-state index contributed by atoms with van der Waals surface area (Å²) in [5.74, 6) is 0.813. The van der Waals surface area contributed by atoms with Gasteiger partial charge in [0.1, 0.15) is 0 Å². The summed E-state index contributed by atoms with van der Waals surface area (Å²) in [4.78, 5) is 8.75. The number of anilines is 1. The molecule has 0 aliphatic rings. The van der Waals surface area contributed by atoms with Gasteiger partial charge in [-0.15, -0.1) is 24.0 Å². The number of hydrogen-bond donors (Lipinski definition) is 3. The average Bonchev–Trinajstić information content (AvgIpc) is 2.99. The van der Waals surface area contributed by atoms with Gasteiger partial charge in [0, 0.05) is 39.9 Å². The van der Waals surface area contributed by atoms with Gasteiger partial charge < -0.3 is 20.7 Å². The summed E-state index contributed by atoms with van der Waals surface area (Å²) < 4.78 is 6.51. The maximum Gasteiger partial charge on any atom is 0.191 e. The van der Waals surface area contributed by atoms with Crippen LogP contribution in [0.15, 0.2) is 29.3 Å². The third kappa shape index (κ3) is 7.18.